The molecule has 6 nitrogen and oxygen atoms in total. The summed E-state index contributed by atoms with van der Waals surface area (Å²) in [5.74, 6) is 0.809. The summed E-state index contributed by atoms with van der Waals surface area (Å²) in [4.78, 5) is 18.9. The summed E-state index contributed by atoms with van der Waals surface area (Å²) in [6, 6.07) is 12.5. The molecule has 0 spiro atoms. The highest BCUT2D eigenvalue weighted by Gasteiger charge is 2.50. The summed E-state index contributed by atoms with van der Waals surface area (Å²) in [6.45, 7) is 5.76. The van der Waals surface area contributed by atoms with E-state index in [4.69, 9.17) is 16.3 Å². The lowest BCUT2D eigenvalue weighted by Gasteiger charge is -2.27. The number of rotatable bonds is 5. The van der Waals surface area contributed by atoms with Crippen molar-refractivity contribution in [1.82, 2.24) is 0 Å². The number of fused-ring (bicyclic) bond motifs is 1. The van der Waals surface area contributed by atoms with Crippen LogP contribution in [-0.4, -0.2) is 42.3 Å². The minimum atomic E-state index is -3.18. The molecule has 9 heteroatoms. The molecule has 2 fully saturated rings. The number of hydrogen-bond acceptors (Lipinski definition) is 5. The van der Waals surface area contributed by atoms with Gasteiger partial charge in [0.1, 0.15) is 5.75 Å². The van der Waals surface area contributed by atoms with Gasteiger partial charge < -0.3 is 9.64 Å². The number of aliphatic imine (C=N–C) groups is 1. The minimum absolute atomic E-state index is 0.00237. The van der Waals surface area contributed by atoms with E-state index in [1.165, 1.54) is 11.8 Å². The topological polar surface area (TPSA) is 76.0 Å². The fourth-order valence-corrected chi connectivity index (χ4v) is 7.87. The zero-order valence-corrected chi connectivity index (χ0v) is 20.5. The summed E-state index contributed by atoms with van der Waals surface area (Å²) in [5, 5.41) is 0.782. The van der Waals surface area contributed by atoms with Crippen molar-refractivity contribution < 1.29 is 17.9 Å². The summed E-state index contributed by atoms with van der Waals surface area (Å²) in [7, 11) is -3.18. The van der Waals surface area contributed by atoms with Crippen LogP contribution in [0.25, 0.3) is 0 Å². The van der Waals surface area contributed by atoms with Gasteiger partial charge in [-0.25, -0.2) is 8.42 Å². The van der Waals surface area contributed by atoms with Gasteiger partial charge in [-0.05, 0) is 49.2 Å². The summed E-state index contributed by atoms with van der Waals surface area (Å²) >= 11 is 7.68. The van der Waals surface area contributed by atoms with Crippen molar-refractivity contribution in [2.75, 3.05) is 16.4 Å². The van der Waals surface area contributed by atoms with Gasteiger partial charge in [0.05, 0.1) is 23.2 Å². The Kier molecular flexibility index (Phi) is 6.56. The molecule has 0 saturated carbocycles. The van der Waals surface area contributed by atoms with Gasteiger partial charge >= 0.3 is 0 Å². The fourth-order valence-electron chi connectivity index (χ4n) is 3.80. The normalized spacial score (nSPS) is 23.9. The lowest BCUT2D eigenvalue weighted by molar-refractivity contribution is -0.121. The van der Waals surface area contributed by atoms with Gasteiger partial charge in [-0.15, -0.1) is 0 Å². The molecule has 2 aromatic rings. The zero-order valence-electron chi connectivity index (χ0n) is 18.1. The Labute approximate surface area is 197 Å². The highest BCUT2D eigenvalue weighted by Crippen LogP contribution is 2.45. The SMILES string of the molecule is CC[C@H](C)C(=O)N=C1S[C@H]2CS(=O)(=O)C[C@@H]2N1c1cc(Cl)ccc1Oc1cccc(C)c1. The van der Waals surface area contributed by atoms with Crippen LogP contribution < -0.4 is 9.64 Å². The van der Waals surface area contributed by atoms with E-state index in [9.17, 15) is 13.2 Å². The quantitative estimate of drug-likeness (QED) is 0.578. The first-order chi connectivity index (χ1) is 15.2. The fraction of sp³-hybridized carbons (Fsp3) is 0.391. The van der Waals surface area contributed by atoms with Crippen LogP contribution in [0.4, 0.5) is 5.69 Å². The second-order valence-corrected chi connectivity index (χ2v) is 12.0. The van der Waals surface area contributed by atoms with Crippen LogP contribution in [0.3, 0.4) is 0 Å². The number of halogens is 1. The van der Waals surface area contributed by atoms with E-state index < -0.39 is 9.84 Å². The van der Waals surface area contributed by atoms with Crippen molar-refractivity contribution in [3.8, 4) is 11.5 Å². The van der Waals surface area contributed by atoms with Crippen molar-refractivity contribution in [2.24, 2.45) is 10.9 Å². The largest absolute Gasteiger partial charge is 0.455 e. The van der Waals surface area contributed by atoms with Crippen molar-refractivity contribution >= 4 is 50.0 Å². The highest BCUT2D eigenvalue weighted by atomic mass is 35.5. The Morgan fingerprint density at radius 2 is 2.06 bits per heavy atom. The van der Waals surface area contributed by atoms with Gasteiger partial charge in [-0.2, -0.15) is 4.99 Å². The van der Waals surface area contributed by atoms with Crippen LogP contribution in [0, 0.1) is 12.8 Å². The van der Waals surface area contributed by atoms with Crippen molar-refractivity contribution in [1.29, 1.82) is 0 Å². The van der Waals surface area contributed by atoms with Crippen LogP contribution in [0.15, 0.2) is 47.5 Å². The second kappa shape index (κ2) is 9.08. The molecule has 0 N–H and O–H groups in total. The first-order valence-electron chi connectivity index (χ1n) is 10.5. The number of benzene rings is 2. The smallest absolute Gasteiger partial charge is 0.250 e. The van der Waals surface area contributed by atoms with Gasteiger partial charge in [0, 0.05) is 16.2 Å². The first-order valence-corrected chi connectivity index (χ1v) is 13.6. The van der Waals surface area contributed by atoms with Gasteiger partial charge in [-0.1, -0.05) is 49.3 Å². The third kappa shape index (κ3) is 4.82. The summed E-state index contributed by atoms with van der Waals surface area (Å²) < 4.78 is 30.9. The number of thioether (sulfide) groups is 1. The molecule has 0 bridgehead atoms. The predicted molar refractivity (Wildman–Crippen MR) is 131 cm³/mol. The molecule has 2 aliphatic rings. The number of amides is 1. The molecule has 1 amide bonds. The number of aryl methyl sites for hydroxylation is 1. The maximum atomic E-state index is 12.6. The van der Waals surface area contributed by atoms with E-state index in [-0.39, 0.29) is 34.6 Å². The van der Waals surface area contributed by atoms with Crippen molar-refractivity contribution in [3.63, 3.8) is 0 Å². The second-order valence-electron chi connectivity index (χ2n) is 8.24. The van der Waals surface area contributed by atoms with Crippen LogP contribution >= 0.6 is 23.4 Å². The standard InChI is InChI=1S/C23H25ClN2O4S2/c1-4-15(3)22(27)25-23-26(19-12-32(28,29)13-21(19)31-23)18-11-16(24)8-9-20(18)30-17-7-5-6-14(2)10-17/h5-11,15,19,21H,4,12-13H2,1-3H3/t15-,19-,21-/m0/s1. The summed E-state index contributed by atoms with van der Waals surface area (Å²) in [6.07, 6.45) is 0.681. The van der Waals surface area contributed by atoms with Crippen LogP contribution in [0.5, 0.6) is 11.5 Å². The number of amidine groups is 1. The maximum absolute atomic E-state index is 12.6. The number of carbonyl (C=O) groups excluding carboxylic acids is 1. The molecule has 2 aromatic carbocycles. The van der Waals surface area contributed by atoms with E-state index in [2.05, 4.69) is 4.99 Å². The molecule has 0 radical (unpaired) electrons. The van der Waals surface area contributed by atoms with E-state index in [1.807, 2.05) is 49.9 Å². The molecule has 3 atom stereocenters. The average molecular weight is 493 g/mol. The third-order valence-corrected chi connectivity index (χ3v) is 9.15. The van der Waals surface area contributed by atoms with Crippen molar-refractivity contribution in [2.45, 2.75) is 38.5 Å². The van der Waals surface area contributed by atoms with E-state index in [0.29, 0.717) is 33.8 Å². The molecule has 0 unspecified atom stereocenters. The highest BCUT2D eigenvalue weighted by molar-refractivity contribution is 8.16. The Bertz CT molecular complexity index is 1180. The van der Waals surface area contributed by atoms with Crippen LogP contribution in [0.1, 0.15) is 25.8 Å². The van der Waals surface area contributed by atoms with Crippen LogP contribution in [-0.2, 0) is 14.6 Å². The van der Waals surface area contributed by atoms with E-state index in [0.717, 1.165) is 5.56 Å². The van der Waals surface area contributed by atoms with Gasteiger partial charge in [0.2, 0.25) is 0 Å². The third-order valence-electron chi connectivity index (χ3n) is 5.70. The number of carbonyl (C=O) groups is 1. The van der Waals surface area contributed by atoms with E-state index >= 15 is 0 Å². The van der Waals surface area contributed by atoms with E-state index in [1.54, 1.807) is 18.2 Å². The molecule has 4 rings (SSSR count). The zero-order chi connectivity index (χ0) is 23.0. The predicted octanol–water partition coefficient (Wildman–Crippen LogP) is 5.09. The monoisotopic (exact) mass is 492 g/mol. The molecule has 2 saturated heterocycles. The van der Waals surface area contributed by atoms with Crippen molar-refractivity contribution in [3.05, 3.63) is 53.1 Å². The Hall–Kier alpha value is -2.03. The molecule has 2 heterocycles. The number of hydrogen-bond donors (Lipinski definition) is 0. The van der Waals surface area contributed by atoms with Gasteiger partial charge in [0.25, 0.3) is 5.91 Å². The lowest BCUT2D eigenvalue weighted by atomic mass is 10.1. The molecule has 0 aliphatic carbocycles. The summed E-state index contributed by atoms with van der Waals surface area (Å²) in [5.41, 5.74) is 1.66. The van der Waals surface area contributed by atoms with Gasteiger partial charge in [-0.3, -0.25) is 4.79 Å². The molecule has 32 heavy (non-hydrogen) atoms. The molecule has 0 aromatic heterocycles. The van der Waals surface area contributed by atoms with Crippen LogP contribution in [0.2, 0.25) is 5.02 Å². The number of ether oxygens (including phenoxy) is 1. The number of anilines is 1. The number of nitrogens with zero attached hydrogens (tertiary/aromatic N) is 2. The molecular formula is C23H25ClN2O4S2. The molecule has 2 aliphatic heterocycles. The average Bonchev–Trinajstić information content (AvgIpc) is 3.19. The Morgan fingerprint density at radius 1 is 1.28 bits per heavy atom. The first kappa shape index (κ1) is 23.1. The maximum Gasteiger partial charge on any atom is 0.250 e. The lowest BCUT2D eigenvalue weighted by Crippen LogP contribution is -2.38. The minimum Gasteiger partial charge on any atom is -0.455 e. The Morgan fingerprint density at radius 3 is 2.78 bits per heavy atom. The molecular weight excluding hydrogens is 468 g/mol. The Balaban J connectivity index is 1.79. The molecule has 170 valence electrons. The van der Waals surface area contributed by atoms with Gasteiger partial charge in [0.15, 0.2) is 20.8 Å². The number of sulfone groups is 1.